The second-order valence-corrected chi connectivity index (χ2v) is 10.5. The Hall–Kier alpha value is -3.94. The lowest BCUT2D eigenvalue weighted by Gasteiger charge is -2.18. The first kappa shape index (κ1) is 24.4. The Morgan fingerprint density at radius 1 is 1.05 bits per heavy atom. The number of hydrogen-bond acceptors (Lipinski definition) is 7. The average Bonchev–Trinajstić information content (AvgIpc) is 3.61. The predicted octanol–water partition coefficient (Wildman–Crippen LogP) is 4.90. The van der Waals surface area contributed by atoms with E-state index in [0.717, 1.165) is 85.9 Å². The number of nitrogens with one attached hydrogen (secondary N) is 2. The maximum atomic E-state index is 12.1. The molecule has 1 aromatic heterocycles. The summed E-state index contributed by atoms with van der Waals surface area (Å²) in [5, 5.41) is 6.47. The minimum absolute atomic E-state index is 0.00989. The van der Waals surface area contributed by atoms with Gasteiger partial charge in [-0.3, -0.25) is 9.79 Å². The molecule has 3 aromatic rings. The van der Waals surface area contributed by atoms with Gasteiger partial charge in [-0.25, -0.2) is 4.98 Å². The maximum Gasteiger partial charge on any atom is 0.258 e. The summed E-state index contributed by atoms with van der Waals surface area (Å²) < 4.78 is 5.79. The summed E-state index contributed by atoms with van der Waals surface area (Å²) in [5.41, 5.74) is 5.18. The Bertz CT molecular complexity index is 1350. The molecule has 1 unspecified atom stereocenters. The van der Waals surface area contributed by atoms with E-state index in [1.807, 2.05) is 36.5 Å². The van der Waals surface area contributed by atoms with E-state index in [2.05, 4.69) is 45.6 Å². The first-order valence-corrected chi connectivity index (χ1v) is 13.7. The third-order valence-electron chi connectivity index (χ3n) is 7.26. The van der Waals surface area contributed by atoms with Crippen LogP contribution in [-0.4, -0.2) is 53.9 Å². The molecule has 1 amide bonds. The molecule has 8 nitrogen and oxygen atoms in total. The molecule has 2 N–H and O–H groups in total. The van der Waals surface area contributed by atoms with Crippen molar-refractivity contribution in [1.29, 1.82) is 0 Å². The second kappa shape index (κ2) is 10.8. The molecule has 2 aromatic carbocycles. The maximum absolute atomic E-state index is 12.1. The highest BCUT2D eigenvalue weighted by Crippen LogP contribution is 2.29. The van der Waals surface area contributed by atoms with Gasteiger partial charge >= 0.3 is 0 Å². The number of aromatic nitrogens is 2. The molecule has 1 saturated carbocycles. The molecule has 1 aliphatic carbocycles. The number of rotatable bonds is 8. The van der Waals surface area contributed by atoms with Gasteiger partial charge < -0.3 is 20.3 Å². The highest BCUT2D eigenvalue weighted by molar-refractivity contribution is 5.84. The molecule has 3 heterocycles. The minimum atomic E-state index is -0.0806. The highest BCUT2D eigenvalue weighted by atomic mass is 16.5. The molecule has 1 atom stereocenters. The molecule has 38 heavy (non-hydrogen) atoms. The number of ether oxygens (including phenoxy) is 1. The van der Waals surface area contributed by atoms with Crippen LogP contribution in [-0.2, 0) is 11.2 Å². The van der Waals surface area contributed by atoms with Crippen LogP contribution < -0.4 is 20.3 Å². The summed E-state index contributed by atoms with van der Waals surface area (Å²) in [5.74, 6) is 2.03. The number of aryl methyl sites for hydroxylation is 1. The van der Waals surface area contributed by atoms with E-state index >= 15 is 0 Å². The van der Waals surface area contributed by atoms with Gasteiger partial charge in [-0.05, 0) is 80.8 Å². The van der Waals surface area contributed by atoms with Crippen LogP contribution in [0.2, 0.25) is 0 Å². The number of nitrogens with zero attached hydrogens (tertiary/aromatic N) is 4. The van der Waals surface area contributed by atoms with Gasteiger partial charge in [0.25, 0.3) is 5.91 Å². The number of aliphatic imine (C=N–C) groups is 1. The highest BCUT2D eigenvalue weighted by Gasteiger charge is 2.23. The third kappa shape index (κ3) is 5.96. The van der Waals surface area contributed by atoms with Gasteiger partial charge in [-0.1, -0.05) is 18.2 Å². The van der Waals surface area contributed by atoms with Crippen LogP contribution in [0.25, 0.3) is 11.3 Å². The summed E-state index contributed by atoms with van der Waals surface area (Å²) in [6, 6.07) is 16.8. The van der Waals surface area contributed by atoms with Crippen LogP contribution in [0, 0.1) is 0 Å². The number of amides is 1. The Labute approximate surface area is 223 Å². The normalized spacial score (nSPS) is 18.6. The number of anilines is 3. The zero-order valence-corrected chi connectivity index (χ0v) is 21.8. The van der Waals surface area contributed by atoms with Crippen molar-refractivity contribution in [3.05, 3.63) is 59.7 Å². The molecule has 196 valence electrons. The van der Waals surface area contributed by atoms with E-state index in [1.54, 1.807) is 0 Å². The van der Waals surface area contributed by atoms with Gasteiger partial charge in [-0.2, -0.15) is 4.98 Å². The molecule has 6 rings (SSSR count). The van der Waals surface area contributed by atoms with E-state index < -0.39 is 0 Å². The Kier molecular flexibility index (Phi) is 6.94. The van der Waals surface area contributed by atoms with Crippen molar-refractivity contribution in [2.75, 3.05) is 29.9 Å². The minimum Gasteiger partial charge on any atom is -0.484 e. The molecule has 0 radical (unpaired) electrons. The van der Waals surface area contributed by atoms with Crippen molar-refractivity contribution < 1.29 is 9.53 Å². The van der Waals surface area contributed by atoms with Crippen LogP contribution in [0.4, 0.5) is 17.5 Å². The Balaban J connectivity index is 1.26. The zero-order chi connectivity index (χ0) is 25.9. The van der Waals surface area contributed by atoms with Crippen molar-refractivity contribution in [1.82, 2.24) is 15.3 Å². The number of hydrogen-bond donors (Lipinski definition) is 2. The van der Waals surface area contributed by atoms with Gasteiger partial charge in [0.15, 0.2) is 6.61 Å². The van der Waals surface area contributed by atoms with Crippen molar-refractivity contribution in [3.8, 4) is 17.0 Å². The lowest BCUT2D eigenvalue weighted by Crippen LogP contribution is -2.30. The number of carbonyl (C=O) groups excluding carboxylic acids is 1. The summed E-state index contributed by atoms with van der Waals surface area (Å²) in [6.45, 7) is 4.08. The van der Waals surface area contributed by atoms with E-state index in [-0.39, 0.29) is 12.5 Å². The van der Waals surface area contributed by atoms with Crippen LogP contribution in [0.3, 0.4) is 0 Å². The zero-order valence-electron chi connectivity index (χ0n) is 21.8. The number of carbonyl (C=O) groups is 1. The van der Waals surface area contributed by atoms with Crippen molar-refractivity contribution in [2.24, 2.45) is 4.99 Å². The molecule has 1 saturated heterocycles. The fourth-order valence-electron chi connectivity index (χ4n) is 4.91. The van der Waals surface area contributed by atoms with Gasteiger partial charge in [0, 0.05) is 48.7 Å². The van der Waals surface area contributed by atoms with Crippen molar-refractivity contribution in [2.45, 2.75) is 57.5 Å². The molecular weight excluding hydrogens is 476 g/mol. The van der Waals surface area contributed by atoms with Crippen molar-refractivity contribution in [3.63, 3.8) is 0 Å². The van der Waals surface area contributed by atoms with E-state index in [0.29, 0.717) is 17.8 Å². The molecule has 2 aliphatic heterocycles. The fraction of sp³-hybridized carbons (Fsp3) is 0.400. The van der Waals surface area contributed by atoms with Crippen LogP contribution in [0.1, 0.15) is 50.2 Å². The molecule has 0 spiro atoms. The predicted molar refractivity (Wildman–Crippen MR) is 151 cm³/mol. The molecule has 0 bridgehead atoms. The first-order valence-electron chi connectivity index (χ1n) is 13.7. The average molecular weight is 511 g/mol. The molecule has 3 aliphatic rings. The molecule has 2 fully saturated rings. The lowest BCUT2D eigenvalue weighted by molar-refractivity contribution is -0.123. The molecular formula is C30H34N6O2. The topological polar surface area (TPSA) is 91.7 Å². The van der Waals surface area contributed by atoms with E-state index in [9.17, 15) is 4.79 Å². The lowest BCUT2D eigenvalue weighted by atomic mass is 10.0. The van der Waals surface area contributed by atoms with Gasteiger partial charge in [0.05, 0.1) is 5.69 Å². The van der Waals surface area contributed by atoms with Crippen molar-refractivity contribution >= 4 is 29.6 Å². The SMILES string of the molecule is CC1CCc2ccc(Nc3cc(-c4cccc(OCC(=O)NC5CC5)c4)nc(N4CCCC4)n3)cc2C=N1. The monoisotopic (exact) mass is 510 g/mol. The standard InChI is InChI=1S/C30H34N6O2/c1-20-7-8-21-9-10-25(15-23(21)18-31-20)32-28-17-27(34-30(35-28)36-13-2-3-14-36)22-5-4-6-26(16-22)38-19-29(37)33-24-11-12-24/h4-6,9-10,15-18,20,24H,2-3,7-8,11-14,19H2,1H3,(H,33,37)(H,32,34,35). The Morgan fingerprint density at radius 2 is 1.92 bits per heavy atom. The quantitative estimate of drug-likeness (QED) is 0.448. The van der Waals surface area contributed by atoms with Crippen LogP contribution >= 0.6 is 0 Å². The van der Waals surface area contributed by atoms with E-state index in [1.165, 1.54) is 5.56 Å². The summed E-state index contributed by atoms with van der Waals surface area (Å²) in [6.07, 6.45) is 8.50. The van der Waals surface area contributed by atoms with Crippen LogP contribution in [0.15, 0.2) is 53.5 Å². The smallest absolute Gasteiger partial charge is 0.258 e. The Morgan fingerprint density at radius 3 is 2.76 bits per heavy atom. The summed E-state index contributed by atoms with van der Waals surface area (Å²) in [4.78, 5) is 28.8. The largest absolute Gasteiger partial charge is 0.484 e. The fourth-order valence-corrected chi connectivity index (χ4v) is 4.91. The number of benzene rings is 2. The molecule has 8 heteroatoms. The van der Waals surface area contributed by atoms with E-state index in [4.69, 9.17) is 14.7 Å². The van der Waals surface area contributed by atoms with Gasteiger partial charge in [-0.15, -0.1) is 0 Å². The first-order chi connectivity index (χ1) is 18.6. The summed E-state index contributed by atoms with van der Waals surface area (Å²) in [7, 11) is 0. The van der Waals surface area contributed by atoms with Crippen LogP contribution in [0.5, 0.6) is 5.75 Å². The van der Waals surface area contributed by atoms with Gasteiger partial charge in [0.2, 0.25) is 5.95 Å². The number of fused-ring (bicyclic) bond motifs is 1. The summed E-state index contributed by atoms with van der Waals surface area (Å²) >= 11 is 0. The third-order valence-corrected chi connectivity index (χ3v) is 7.26. The second-order valence-electron chi connectivity index (χ2n) is 10.5. The van der Waals surface area contributed by atoms with Gasteiger partial charge in [0.1, 0.15) is 11.6 Å².